The summed E-state index contributed by atoms with van der Waals surface area (Å²) in [4.78, 5) is 14.7. The number of hydrogen-bond acceptors (Lipinski definition) is 1. The van der Waals surface area contributed by atoms with Gasteiger partial charge in [-0.3, -0.25) is 0 Å². The summed E-state index contributed by atoms with van der Waals surface area (Å²) < 4.78 is 2.16. The van der Waals surface area contributed by atoms with Crippen LogP contribution in [-0.2, 0) is 19.5 Å². The molecule has 3 rings (SSSR count). The Balaban J connectivity index is 1.70. The third kappa shape index (κ3) is 5.88. The lowest BCUT2D eigenvalue weighted by Gasteiger charge is -2.23. The zero-order chi connectivity index (χ0) is 20.6. The number of nitrogens with zero attached hydrogens (tertiary/aromatic N) is 2. The number of anilines is 1. The van der Waals surface area contributed by atoms with Crippen LogP contribution < -0.4 is 5.32 Å². The molecule has 5 heteroatoms. The SMILES string of the molecule is CCCN(Cc1cccn1Cc1cccc(Cl)c1)C(=O)Nc1ccc(CC)cc1. The lowest BCUT2D eigenvalue weighted by Crippen LogP contribution is -2.35. The first kappa shape index (κ1) is 21.0. The van der Waals surface area contributed by atoms with Crippen molar-refractivity contribution in [3.63, 3.8) is 0 Å². The number of benzene rings is 2. The molecule has 1 heterocycles. The second kappa shape index (κ2) is 10.2. The van der Waals surface area contributed by atoms with Gasteiger partial charge in [-0.2, -0.15) is 0 Å². The number of carbonyl (C=O) groups is 1. The van der Waals surface area contributed by atoms with E-state index < -0.39 is 0 Å². The molecule has 0 radical (unpaired) electrons. The molecule has 0 saturated heterocycles. The standard InChI is InChI=1S/C24H28ClN3O/c1-3-14-28(24(29)26-22-12-10-19(4-2)11-13-22)18-23-9-6-15-27(23)17-20-7-5-8-21(25)16-20/h5-13,15-16H,3-4,14,17-18H2,1-2H3,(H,26,29). The smallest absolute Gasteiger partial charge is 0.322 e. The summed E-state index contributed by atoms with van der Waals surface area (Å²) in [5.74, 6) is 0. The van der Waals surface area contributed by atoms with Gasteiger partial charge in [-0.1, -0.05) is 49.7 Å². The highest BCUT2D eigenvalue weighted by Gasteiger charge is 2.15. The molecule has 2 aromatic carbocycles. The van der Waals surface area contributed by atoms with Gasteiger partial charge in [0.1, 0.15) is 0 Å². The lowest BCUT2D eigenvalue weighted by atomic mass is 10.1. The number of halogens is 1. The summed E-state index contributed by atoms with van der Waals surface area (Å²) in [7, 11) is 0. The highest BCUT2D eigenvalue weighted by Crippen LogP contribution is 2.16. The minimum atomic E-state index is -0.0772. The third-order valence-electron chi connectivity index (χ3n) is 4.91. The third-order valence-corrected chi connectivity index (χ3v) is 5.15. The fourth-order valence-corrected chi connectivity index (χ4v) is 3.54. The first-order chi connectivity index (χ1) is 14.1. The van der Waals surface area contributed by atoms with Gasteiger partial charge in [0.05, 0.1) is 6.54 Å². The Morgan fingerprint density at radius 3 is 2.52 bits per heavy atom. The van der Waals surface area contributed by atoms with E-state index >= 15 is 0 Å². The van der Waals surface area contributed by atoms with Crippen molar-refractivity contribution >= 4 is 23.3 Å². The maximum absolute atomic E-state index is 12.9. The van der Waals surface area contributed by atoms with Crippen LogP contribution in [0.2, 0.25) is 5.02 Å². The van der Waals surface area contributed by atoms with Crippen molar-refractivity contribution in [3.05, 3.63) is 88.7 Å². The fraction of sp³-hybridized carbons (Fsp3) is 0.292. The van der Waals surface area contributed by atoms with E-state index in [-0.39, 0.29) is 6.03 Å². The maximum Gasteiger partial charge on any atom is 0.322 e. The first-order valence-corrected chi connectivity index (χ1v) is 10.5. The molecule has 0 unspecified atom stereocenters. The molecule has 3 aromatic rings. The summed E-state index contributed by atoms with van der Waals surface area (Å²) >= 11 is 6.12. The van der Waals surface area contributed by atoms with E-state index in [0.29, 0.717) is 13.1 Å². The largest absolute Gasteiger partial charge is 0.345 e. The molecule has 0 fully saturated rings. The van der Waals surface area contributed by atoms with Crippen LogP contribution in [0.4, 0.5) is 10.5 Å². The van der Waals surface area contributed by atoms with Gasteiger partial charge in [-0.15, -0.1) is 0 Å². The van der Waals surface area contributed by atoms with E-state index in [2.05, 4.69) is 48.0 Å². The Hall–Kier alpha value is -2.72. The van der Waals surface area contributed by atoms with Gasteiger partial charge in [0, 0.05) is 35.7 Å². The van der Waals surface area contributed by atoms with Crippen LogP contribution >= 0.6 is 11.6 Å². The van der Waals surface area contributed by atoms with Crippen LogP contribution in [-0.4, -0.2) is 22.0 Å². The number of hydrogen-bond donors (Lipinski definition) is 1. The number of urea groups is 1. The van der Waals surface area contributed by atoms with Crippen molar-refractivity contribution in [1.29, 1.82) is 0 Å². The predicted octanol–water partition coefficient (Wildman–Crippen LogP) is 6.20. The van der Waals surface area contributed by atoms with Crippen LogP contribution in [0, 0.1) is 0 Å². The molecule has 1 N–H and O–H groups in total. The summed E-state index contributed by atoms with van der Waals surface area (Å²) in [6, 6.07) is 19.9. The van der Waals surface area contributed by atoms with E-state index in [4.69, 9.17) is 11.6 Å². The Morgan fingerprint density at radius 1 is 1.03 bits per heavy atom. The summed E-state index contributed by atoms with van der Waals surface area (Å²) in [6.07, 6.45) is 3.93. The Morgan fingerprint density at radius 2 is 1.83 bits per heavy atom. The fourth-order valence-electron chi connectivity index (χ4n) is 3.32. The van der Waals surface area contributed by atoms with Gasteiger partial charge in [0.15, 0.2) is 0 Å². The predicted molar refractivity (Wildman–Crippen MR) is 121 cm³/mol. The first-order valence-electron chi connectivity index (χ1n) is 10.1. The van der Waals surface area contributed by atoms with E-state index in [1.165, 1.54) is 5.56 Å². The van der Waals surface area contributed by atoms with Gasteiger partial charge in [-0.05, 0) is 60.4 Å². The number of amides is 2. The number of rotatable bonds is 8. The second-order valence-electron chi connectivity index (χ2n) is 7.16. The molecule has 0 atom stereocenters. The molecule has 1 aromatic heterocycles. The number of nitrogens with one attached hydrogen (secondary N) is 1. The van der Waals surface area contributed by atoms with E-state index in [9.17, 15) is 4.79 Å². The highest BCUT2D eigenvalue weighted by atomic mass is 35.5. The van der Waals surface area contributed by atoms with E-state index in [1.54, 1.807) is 0 Å². The van der Waals surface area contributed by atoms with Crippen molar-refractivity contribution < 1.29 is 4.79 Å². The molecule has 0 saturated carbocycles. The average Bonchev–Trinajstić information content (AvgIpc) is 3.15. The molecule has 2 amide bonds. The number of carbonyl (C=O) groups excluding carboxylic acids is 1. The Bertz CT molecular complexity index is 933. The molecule has 4 nitrogen and oxygen atoms in total. The maximum atomic E-state index is 12.9. The minimum Gasteiger partial charge on any atom is -0.345 e. The molecule has 29 heavy (non-hydrogen) atoms. The van der Waals surface area contributed by atoms with Gasteiger partial charge >= 0.3 is 6.03 Å². The van der Waals surface area contributed by atoms with Gasteiger partial charge in [-0.25, -0.2) is 4.79 Å². The van der Waals surface area contributed by atoms with Gasteiger partial charge in [0.25, 0.3) is 0 Å². The van der Waals surface area contributed by atoms with Crippen LogP contribution in [0.1, 0.15) is 37.1 Å². The van der Waals surface area contributed by atoms with Crippen LogP contribution in [0.3, 0.4) is 0 Å². The van der Waals surface area contributed by atoms with Crippen molar-refractivity contribution in [3.8, 4) is 0 Å². The van der Waals surface area contributed by atoms with Gasteiger partial charge < -0.3 is 14.8 Å². The van der Waals surface area contributed by atoms with Crippen LogP contribution in [0.15, 0.2) is 66.9 Å². The monoisotopic (exact) mass is 409 g/mol. The molecular formula is C24H28ClN3O. The molecule has 0 bridgehead atoms. The molecular weight excluding hydrogens is 382 g/mol. The zero-order valence-electron chi connectivity index (χ0n) is 17.1. The molecule has 152 valence electrons. The number of aromatic nitrogens is 1. The number of aryl methyl sites for hydroxylation is 1. The molecule has 0 aliphatic heterocycles. The molecule has 0 aliphatic rings. The van der Waals surface area contributed by atoms with Crippen molar-refractivity contribution in [2.45, 2.75) is 39.8 Å². The molecule has 0 spiro atoms. The van der Waals surface area contributed by atoms with Crippen LogP contribution in [0.25, 0.3) is 0 Å². The van der Waals surface area contributed by atoms with Crippen molar-refractivity contribution in [1.82, 2.24) is 9.47 Å². The minimum absolute atomic E-state index is 0.0772. The van der Waals surface area contributed by atoms with E-state index in [0.717, 1.165) is 41.4 Å². The normalized spacial score (nSPS) is 10.7. The van der Waals surface area contributed by atoms with E-state index in [1.807, 2.05) is 47.5 Å². The van der Waals surface area contributed by atoms with Crippen LogP contribution in [0.5, 0.6) is 0 Å². The quantitative estimate of drug-likeness (QED) is 0.472. The molecule has 0 aliphatic carbocycles. The summed E-state index contributed by atoms with van der Waals surface area (Å²) in [5, 5.41) is 3.76. The topological polar surface area (TPSA) is 37.3 Å². The summed E-state index contributed by atoms with van der Waals surface area (Å²) in [6.45, 7) is 6.18. The zero-order valence-corrected chi connectivity index (χ0v) is 17.8. The lowest BCUT2D eigenvalue weighted by molar-refractivity contribution is 0.208. The Labute approximate surface area is 178 Å². The van der Waals surface area contributed by atoms with Crippen molar-refractivity contribution in [2.75, 3.05) is 11.9 Å². The second-order valence-corrected chi connectivity index (χ2v) is 7.60. The average molecular weight is 410 g/mol. The van der Waals surface area contributed by atoms with Crippen molar-refractivity contribution in [2.24, 2.45) is 0 Å². The summed E-state index contributed by atoms with van der Waals surface area (Å²) in [5.41, 5.74) is 4.31. The Kier molecular flexibility index (Phi) is 7.36. The highest BCUT2D eigenvalue weighted by molar-refractivity contribution is 6.30. The van der Waals surface area contributed by atoms with Gasteiger partial charge in [0.2, 0.25) is 0 Å².